The van der Waals surface area contributed by atoms with Crippen LogP contribution in [0, 0.1) is 0 Å². The van der Waals surface area contributed by atoms with Crippen LogP contribution in [0.25, 0.3) is 0 Å². The number of hydrogen-bond acceptors (Lipinski definition) is 7. The maximum absolute atomic E-state index is 13.3. The first-order valence-corrected chi connectivity index (χ1v) is 13.5. The first-order valence-electron chi connectivity index (χ1n) is 13.5. The van der Waals surface area contributed by atoms with Gasteiger partial charge in [-0.05, 0) is 61.9 Å². The van der Waals surface area contributed by atoms with Crippen molar-refractivity contribution in [2.24, 2.45) is 0 Å². The third kappa shape index (κ3) is 7.85. The summed E-state index contributed by atoms with van der Waals surface area (Å²) in [5.74, 6) is -1.51. The van der Waals surface area contributed by atoms with E-state index in [1.54, 1.807) is 37.3 Å². The summed E-state index contributed by atoms with van der Waals surface area (Å²) >= 11 is 0. The molecule has 0 saturated heterocycles. The van der Waals surface area contributed by atoms with Crippen LogP contribution >= 0.6 is 0 Å². The quantitative estimate of drug-likeness (QED) is 0.293. The Bertz CT molecular complexity index is 1250. The van der Waals surface area contributed by atoms with Gasteiger partial charge in [0.05, 0.1) is 12.2 Å². The van der Waals surface area contributed by atoms with E-state index in [2.05, 4.69) is 11.4 Å². The lowest BCUT2D eigenvalue weighted by Gasteiger charge is -2.37. The Morgan fingerprint density at radius 2 is 1.56 bits per heavy atom. The lowest BCUT2D eigenvalue weighted by Crippen LogP contribution is -2.53. The number of carbonyl (C=O) groups is 3. The predicted molar refractivity (Wildman–Crippen MR) is 149 cm³/mol. The second kappa shape index (κ2) is 13.8. The van der Waals surface area contributed by atoms with Crippen molar-refractivity contribution in [2.75, 3.05) is 13.2 Å². The highest BCUT2D eigenvalue weighted by atomic mass is 16.6. The maximum Gasteiger partial charge on any atom is 0.345 e. The molecule has 1 N–H and O–H groups in total. The highest BCUT2D eigenvalue weighted by Crippen LogP contribution is 2.25. The summed E-state index contributed by atoms with van der Waals surface area (Å²) in [6.45, 7) is 5.12. The standard InChI is InChI=1S/C32H36N2O5/c1-3-38-31(36)28(19-18-24-12-6-4-7-13-24)33-23(2)21-34-22-27-17-11-10-16-26(27)20-29(34)32(37)39-30(35)25-14-8-5-9-15-25/h4-17,23,28-29,33H,3,18-22H2,1-2H3/t23-,28-,29-/m0/s1. The average molecular weight is 529 g/mol. The number of benzene rings is 3. The third-order valence-electron chi connectivity index (χ3n) is 6.95. The van der Waals surface area contributed by atoms with E-state index in [-0.39, 0.29) is 12.0 Å². The van der Waals surface area contributed by atoms with Gasteiger partial charge in [-0.3, -0.25) is 9.69 Å². The van der Waals surface area contributed by atoms with Gasteiger partial charge < -0.3 is 14.8 Å². The van der Waals surface area contributed by atoms with Crippen LogP contribution in [0.15, 0.2) is 84.9 Å². The van der Waals surface area contributed by atoms with Crippen LogP contribution in [0.5, 0.6) is 0 Å². The SMILES string of the molecule is CCOC(=O)[C@H](CCc1ccccc1)N[C@@H](C)CN1Cc2ccccc2C[C@H]1C(=O)OC(=O)c1ccccc1. The van der Waals surface area contributed by atoms with Crippen molar-refractivity contribution in [1.29, 1.82) is 0 Å². The summed E-state index contributed by atoms with van der Waals surface area (Å²) in [6.07, 6.45) is 1.77. The largest absolute Gasteiger partial charge is 0.465 e. The minimum Gasteiger partial charge on any atom is -0.465 e. The molecule has 204 valence electrons. The smallest absolute Gasteiger partial charge is 0.345 e. The number of nitrogens with one attached hydrogen (secondary N) is 1. The van der Waals surface area contributed by atoms with E-state index < -0.39 is 24.0 Å². The molecule has 3 aromatic rings. The van der Waals surface area contributed by atoms with Gasteiger partial charge in [-0.2, -0.15) is 0 Å². The summed E-state index contributed by atoms with van der Waals surface area (Å²) in [5, 5.41) is 3.43. The Morgan fingerprint density at radius 1 is 0.923 bits per heavy atom. The molecular formula is C32H36N2O5. The van der Waals surface area contributed by atoms with Gasteiger partial charge in [0.15, 0.2) is 0 Å². The zero-order valence-corrected chi connectivity index (χ0v) is 22.5. The van der Waals surface area contributed by atoms with Crippen molar-refractivity contribution in [1.82, 2.24) is 10.2 Å². The van der Waals surface area contributed by atoms with Gasteiger partial charge in [0.2, 0.25) is 0 Å². The van der Waals surface area contributed by atoms with Crippen LogP contribution in [0.3, 0.4) is 0 Å². The Hall–Kier alpha value is -3.81. The number of aryl methyl sites for hydroxylation is 1. The Balaban J connectivity index is 1.46. The van der Waals surface area contributed by atoms with Gasteiger partial charge in [0.25, 0.3) is 0 Å². The molecular weight excluding hydrogens is 492 g/mol. The molecule has 3 atom stereocenters. The van der Waals surface area contributed by atoms with Crippen LogP contribution in [0.2, 0.25) is 0 Å². The summed E-state index contributed by atoms with van der Waals surface area (Å²) in [7, 11) is 0. The molecule has 0 spiro atoms. The minimum atomic E-state index is -0.658. The van der Waals surface area contributed by atoms with Crippen molar-refractivity contribution >= 4 is 17.9 Å². The van der Waals surface area contributed by atoms with E-state index >= 15 is 0 Å². The summed E-state index contributed by atoms with van der Waals surface area (Å²) < 4.78 is 10.7. The van der Waals surface area contributed by atoms with Gasteiger partial charge in [-0.15, -0.1) is 0 Å². The molecule has 1 heterocycles. The molecule has 0 aliphatic carbocycles. The summed E-state index contributed by atoms with van der Waals surface area (Å²) in [6, 6.07) is 25.3. The fourth-order valence-corrected chi connectivity index (χ4v) is 5.01. The zero-order valence-electron chi connectivity index (χ0n) is 22.5. The van der Waals surface area contributed by atoms with Crippen LogP contribution in [0.4, 0.5) is 0 Å². The molecule has 7 nitrogen and oxygen atoms in total. The van der Waals surface area contributed by atoms with Crippen LogP contribution < -0.4 is 5.32 Å². The molecule has 0 radical (unpaired) electrons. The van der Waals surface area contributed by atoms with Crippen molar-refractivity contribution in [3.05, 3.63) is 107 Å². The fraction of sp³-hybridized carbons (Fsp3) is 0.344. The first-order chi connectivity index (χ1) is 18.9. The number of esters is 3. The summed E-state index contributed by atoms with van der Waals surface area (Å²) in [4.78, 5) is 40.7. The number of rotatable bonds is 11. The van der Waals surface area contributed by atoms with Gasteiger partial charge in [-0.25, -0.2) is 9.59 Å². The van der Waals surface area contributed by atoms with E-state index in [1.807, 2.05) is 60.4 Å². The van der Waals surface area contributed by atoms with E-state index in [9.17, 15) is 14.4 Å². The fourth-order valence-electron chi connectivity index (χ4n) is 5.01. The molecule has 0 amide bonds. The van der Waals surface area contributed by atoms with Crippen molar-refractivity contribution in [3.63, 3.8) is 0 Å². The molecule has 0 saturated carbocycles. The minimum absolute atomic E-state index is 0.138. The van der Waals surface area contributed by atoms with Crippen molar-refractivity contribution < 1.29 is 23.9 Å². The molecule has 39 heavy (non-hydrogen) atoms. The topological polar surface area (TPSA) is 84.9 Å². The second-order valence-corrected chi connectivity index (χ2v) is 9.89. The molecule has 0 unspecified atom stereocenters. The number of nitrogens with zero attached hydrogens (tertiary/aromatic N) is 1. The maximum atomic E-state index is 13.3. The highest BCUT2D eigenvalue weighted by molar-refractivity contribution is 5.98. The van der Waals surface area contributed by atoms with E-state index in [0.29, 0.717) is 38.1 Å². The predicted octanol–water partition coefficient (Wildman–Crippen LogP) is 4.34. The normalized spacial score (nSPS) is 16.5. The second-order valence-electron chi connectivity index (χ2n) is 9.89. The lowest BCUT2D eigenvalue weighted by atomic mass is 9.93. The van der Waals surface area contributed by atoms with E-state index in [4.69, 9.17) is 9.47 Å². The molecule has 3 aromatic carbocycles. The zero-order chi connectivity index (χ0) is 27.6. The molecule has 1 aliphatic rings. The number of carbonyl (C=O) groups excluding carboxylic acids is 3. The molecule has 7 heteroatoms. The number of fused-ring (bicyclic) bond motifs is 1. The van der Waals surface area contributed by atoms with E-state index in [1.165, 1.54) is 0 Å². The molecule has 0 bridgehead atoms. The highest BCUT2D eigenvalue weighted by Gasteiger charge is 2.35. The first kappa shape index (κ1) is 28.2. The Morgan fingerprint density at radius 3 is 2.26 bits per heavy atom. The number of ether oxygens (including phenoxy) is 2. The van der Waals surface area contributed by atoms with Gasteiger partial charge >= 0.3 is 17.9 Å². The van der Waals surface area contributed by atoms with Crippen LogP contribution in [-0.4, -0.2) is 54.1 Å². The van der Waals surface area contributed by atoms with Gasteiger partial charge in [0.1, 0.15) is 12.1 Å². The van der Waals surface area contributed by atoms with E-state index in [0.717, 1.165) is 23.1 Å². The van der Waals surface area contributed by atoms with Crippen molar-refractivity contribution in [2.45, 2.75) is 57.8 Å². The monoisotopic (exact) mass is 528 g/mol. The number of hydrogen-bond donors (Lipinski definition) is 1. The van der Waals surface area contributed by atoms with Gasteiger partial charge in [0, 0.05) is 19.1 Å². The molecule has 1 aliphatic heterocycles. The van der Waals surface area contributed by atoms with Crippen molar-refractivity contribution in [3.8, 4) is 0 Å². The molecule has 0 aromatic heterocycles. The molecule has 0 fully saturated rings. The Kier molecular flexibility index (Phi) is 10.00. The lowest BCUT2D eigenvalue weighted by molar-refractivity contribution is -0.147. The van der Waals surface area contributed by atoms with Crippen LogP contribution in [-0.2, 0) is 38.4 Å². The third-order valence-corrected chi connectivity index (χ3v) is 6.95. The van der Waals surface area contributed by atoms with Gasteiger partial charge in [-0.1, -0.05) is 72.8 Å². The Labute approximate surface area is 230 Å². The van der Waals surface area contributed by atoms with Crippen LogP contribution in [0.1, 0.15) is 47.3 Å². The summed E-state index contributed by atoms with van der Waals surface area (Å²) in [5.41, 5.74) is 3.68. The molecule has 4 rings (SSSR count). The average Bonchev–Trinajstić information content (AvgIpc) is 2.96.